The van der Waals surface area contributed by atoms with E-state index in [1.807, 2.05) is 7.11 Å². The highest BCUT2D eigenvalue weighted by Gasteiger charge is 2.45. The third-order valence-corrected chi connectivity index (χ3v) is 6.43. The van der Waals surface area contributed by atoms with Gasteiger partial charge in [-0.15, -0.1) is 0 Å². The molecule has 1 aliphatic heterocycles. The summed E-state index contributed by atoms with van der Waals surface area (Å²) in [7, 11) is 1.86. The fourth-order valence-electron chi connectivity index (χ4n) is 5.19. The van der Waals surface area contributed by atoms with Gasteiger partial charge < -0.3 is 10.5 Å². The second-order valence-corrected chi connectivity index (χ2v) is 7.31. The Bertz CT molecular complexity index is 310. The molecule has 3 rings (SSSR count). The molecule has 1 heterocycles. The largest absolute Gasteiger partial charge is 0.381 e. The molecule has 2 aliphatic carbocycles. The van der Waals surface area contributed by atoms with Crippen molar-refractivity contribution in [1.29, 1.82) is 0 Å². The van der Waals surface area contributed by atoms with E-state index in [1.165, 1.54) is 70.8 Å². The molecule has 0 bridgehead atoms. The zero-order chi connectivity index (χ0) is 14.0. The van der Waals surface area contributed by atoms with Gasteiger partial charge in [-0.2, -0.15) is 0 Å². The van der Waals surface area contributed by atoms with E-state index in [1.54, 1.807) is 0 Å². The molecule has 3 nitrogen and oxygen atoms in total. The summed E-state index contributed by atoms with van der Waals surface area (Å²) in [6, 6.07) is 0.833. The Morgan fingerprint density at radius 2 is 1.75 bits per heavy atom. The molecule has 2 N–H and O–H groups in total. The van der Waals surface area contributed by atoms with Crippen LogP contribution in [-0.2, 0) is 4.74 Å². The minimum atomic E-state index is 0.287. The van der Waals surface area contributed by atoms with Gasteiger partial charge in [0.1, 0.15) is 0 Å². The van der Waals surface area contributed by atoms with E-state index in [0.29, 0.717) is 6.10 Å². The molecule has 2 saturated carbocycles. The quantitative estimate of drug-likeness (QED) is 0.864. The molecule has 20 heavy (non-hydrogen) atoms. The molecule has 3 fully saturated rings. The average molecular weight is 280 g/mol. The standard InChI is InChI=1S/C17H32N2O/c1-20-15-8-10-17(13-18,11-9-15)19-12-4-6-14-5-2-3-7-16(14)19/h14-16H,2-13,18H2,1H3/t14-,15?,16-,17?/m1/s1. The van der Waals surface area contributed by atoms with Gasteiger partial charge in [-0.1, -0.05) is 12.8 Å². The van der Waals surface area contributed by atoms with E-state index >= 15 is 0 Å². The zero-order valence-corrected chi connectivity index (χ0v) is 13.2. The van der Waals surface area contributed by atoms with Crippen molar-refractivity contribution in [1.82, 2.24) is 4.90 Å². The van der Waals surface area contributed by atoms with Gasteiger partial charge in [0.2, 0.25) is 0 Å². The normalized spacial score (nSPS) is 43.2. The van der Waals surface area contributed by atoms with Crippen molar-refractivity contribution in [2.75, 3.05) is 20.2 Å². The van der Waals surface area contributed by atoms with Gasteiger partial charge in [0.05, 0.1) is 6.10 Å². The molecule has 3 heteroatoms. The van der Waals surface area contributed by atoms with Crippen molar-refractivity contribution < 1.29 is 4.74 Å². The third kappa shape index (κ3) is 2.65. The molecular weight excluding hydrogens is 248 g/mol. The van der Waals surface area contributed by atoms with Gasteiger partial charge in [0.25, 0.3) is 0 Å². The lowest BCUT2D eigenvalue weighted by molar-refractivity contribution is -0.0645. The second kappa shape index (κ2) is 6.33. The summed E-state index contributed by atoms with van der Waals surface area (Å²) in [5, 5.41) is 0. The maximum absolute atomic E-state index is 6.30. The summed E-state index contributed by atoms with van der Waals surface area (Å²) in [4.78, 5) is 2.87. The van der Waals surface area contributed by atoms with E-state index in [4.69, 9.17) is 10.5 Å². The summed E-state index contributed by atoms with van der Waals surface area (Å²) in [6.07, 6.45) is 14.0. The minimum Gasteiger partial charge on any atom is -0.381 e. The van der Waals surface area contributed by atoms with Crippen LogP contribution in [0.4, 0.5) is 0 Å². The van der Waals surface area contributed by atoms with Crippen LogP contribution in [0.3, 0.4) is 0 Å². The molecule has 2 atom stereocenters. The smallest absolute Gasteiger partial charge is 0.0572 e. The van der Waals surface area contributed by atoms with Crippen LogP contribution in [0.2, 0.25) is 0 Å². The van der Waals surface area contributed by atoms with E-state index in [9.17, 15) is 0 Å². The van der Waals surface area contributed by atoms with Gasteiger partial charge in [-0.25, -0.2) is 0 Å². The topological polar surface area (TPSA) is 38.5 Å². The van der Waals surface area contributed by atoms with Crippen molar-refractivity contribution >= 4 is 0 Å². The second-order valence-electron chi connectivity index (χ2n) is 7.31. The molecule has 3 aliphatic rings. The third-order valence-electron chi connectivity index (χ3n) is 6.43. The molecule has 0 aromatic rings. The minimum absolute atomic E-state index is 0.287. The molecule has 0 radical (unpaired) electrons. The van der Waals surface area contributed by atoms with E-state index in [2.05, 4.69) is 4.90 Å². The molecule has 0 amide bonds. The summed E-state index contributed by atoms with van der Waals surface area (Å²) in [5.74, 6) is 0.959. The van der Waals surface area contributed by atoms with Gasteiger partial charge in [-0.05, 0) is 63.8 Å². The van der Waals surface area contributed by atoms with Gasteiger partial charge in [0.15, 0.2) is 0 Å². The predicted molar refractivity (Wildman–Crippen MR) is 82.7 cm³/mol. The van der Waals surface area contributed by atoms with Crippen molar-refractivity contribution in [3.8, 4) is 0 Å². The van der Waals surface area contributed by atoms with Gasteiger partial charge in [0, 0.05) is 25.2 Å². The van der Waals surface area contributed by atoms with Crippen LogP contribution in [0.1, 0.15) is 64.2 Å². The number of nitrogens with zero attached hydrogens (tertiary/aromatic N) is 1. The number of nitrogens with two attached hydrogens (primary N) is 1. The molecule has 0 spiro atoms. The van der Waals surface area contributed by atoms with Gasteiger partial charge in [-0.3, -0.25) is 4.90 Å². The number of hydrogen-bond donors (Lipinski definition) is 1. The first-order chi connectivity index (χ1) is 9.79. The molecule has 116 valence electrons. The fraction of sp³-hybridized carbons (Fsp3) is 1.00. The lowest BCUT2D eigenvalue weighted by atomic mass is 9.72. The zero-order valence-electron chi connectivity index (χ0n) is 13.2. The summed E-state index contributed by atoms with van der Waals surface area (Å²) in [5.41, 5.74) is 6.58. The highest BCUT2D eigenvalue weighted by atomic mass is 16.5. The number of piperidine rings is 1. The number of rotatable bonds is 3. The van der Waals surface area contributed by atoms with Gasteiger partial charge >= 0.3 is 0 Å². The summed E-state index contributed by atoms with van der Waals surface area (Å²) < 4.78 is 5.56. The predicted octanol–water partition coefficient (Wildman–Crippen LogP) is 2.93. The maximum Gasteiger partial charge on any atom is 0.0572 e. The van der Waals surface area contributed by atoms with Crippen molar-refractivity contribution in [3.63, 3.8) is 0 Å². The number of ether oxygens (including phenoxy) is 1. The molecule has 0 unspecified atom stereocenters. The molecule has 0 aromatic heterocycles. The highest BCUT2D eigenvalue weighted by Crippen LogP contribution is 2.43. The highest BCUT2D eigenvalue weighted by molar-refractivity contribution is 5.02. The van der Waals surface area contributed by atoms with Crippen LogP contribution in [0, 0.1) is 5.92 Å². The van der Waals surface area contributed by atoms with Crippen molar-refractivity contribution in [3.05, 3.63) is 0 Å². The van der Waals surface area contributed by atoms with Crippen LogP contribution in [0.5, 0.6) is 0 Å². The number of fused-ring (bicyclic) bond motifs is 1. The van der Waals surface area contributed by atoms with Crippen LogP contribution in [0.25, 0.3) is 0 Å². The first-order valence-electron chi connectivity index (χ1n) is 8.79. The number of hydrogen-bond acceptors (Lipinski definition) is 3. The van der Waals surface area contributed by atoms with Crippen LogP contribution >= 0.6 is 0 Å². The molecular formula is C17H32N2O. The lowest BCUT2D eigenvalue weighted by Crippen LogP contribution is -2.63. The van der Waals surface area contributed by atoms with Crippen molar-refractivity contribution in [2.24, 2.45) is 11.7 Å². The molecule has 0 aromatic carbocycles. The lowest BCUT2D eigenvalue weighted by Gasteiger charge is -2.55. The fourth-order valence-corrected chi connectivity index (χ4v) is 5.19. The van der Waals surface area contributed by atoms with E-state index in [0.717, 1.165) is 18.5 Å². The van der Waals surface area contributed by atoms with E-state index < -0.39 is 0 Å². The Balaban J connectivity index is 1.74. The monoisotopic (exact) mass is 280 g/mol. The SMILES string of the molecule is COC1CCC(CN)(N2CCC[C@H]3CCCC[C@H]32)CC1. The Labute approximate surface area is 124 Å². The van der Waals surface area contributed by atoms with Crippen molar-refractivity contribution in [2.45, 2.75) is 81.9 Å². The maximum atomic E-state index is 6.30. The Hall–Kier alpha value is -0.120. The van der Waals surface area contributed by atoms with E-state index in [-0.39, 0.29) is 5.54 Å². The first-order valence-corrected chi connectivity index (χ1v) is 8.79. The summed E-state index contributed by atoms with van der Waals surface area (Å²) >= 11 is 0. The first kappa shape index (κ1) is 14.8. The van der Waals surface area contributed by atoms with Crippen LogP contribution < -0.4 is 5.73 Å². The summed E-state index contributed by atoms with van der Waals surface area (Å²) in [6.45, 7) is 2.13. The number of likely N-dealkylation sites (tertiary alicyclic amines) is 1. The molecule has 1 saturated heterocycles. The Morgan fingerprint density at radius 3 is 2.45 bits per heavy atom. The average Bonchev–Trinajstić information content (AvgIpc) is 2.54. The van der Waals surface area contributed by atoms with Crippen LogP contribution in [-0.4, -0.2) is 42.8 Å². The number of methoxy groups -OCH3 is 1. The Morgan fingerprint density at radius 1 is 1.05 bits per heavy atom. The van der Waals surface area contributed by atoms with Crippen LogP contribution in [0.15, 0.2) is 0 Å². The Kier molecular flexibility index (Phi) is 4.68.